The predicted octanol–water partition coefficient (Wildman–Crippen LogP) is 2.33. The Hall–Kier alpha value is -3.23. The van der Waals surface area contributed by atoms with E-state index in [4.69, 9.17) is 0 Å². The van der Waals surface area contributed by atoms with E-state index in [1.807, 2.05) is 0 Å². The summed E-state index contributed by atoms with van der Waals surface area (Å²) in [5.41, 5.74) is 1.56. The van der Waals surface area contributed by atoms with Gasteiger partial charge in [0.25, 0.3) is 5.91 Å². The van der Waals surface area contributed by atoms with Crippen LogP contribution in [0.15, 0.2) is 24.3 Å². The van der Waals surface area contributed by atoms with Gasteiger partial charge in [-0.15, -0.1) is 0 Å². The fraction of sp³-hybridized carbons (Fsp3) is 0.389. The molecule has 2 amide bonds. The molecular formula is C18H21N5O4. The van der Waals surface area contributed by atoms with Crippen LogP contribution in [0.2, 0.25) is 0 Å². The molecule has 1 heterocycles. The number of carbonyl (C=O) groups excluding carboxylic acids is 2. The van der Waals surface area contributed by atoms with Crippen molar-refractivity contribution in [1.82, 2.24) is 15.1 Å². The van der Waals surface area contributed by atoms with E-state index in [2.05, 4.69) is 15.7 Å². The van der Waals surface area contributed by atoms with Gasteiger partial charge in [-0.05, 0) is 38.8 Å². The molecule has 2 aromatic rings. The maximum atomic E-state index is 12.3. The van der Waals surface area contributed by atoms with Crippen molar-refractivity contribution in [3.8, 4) is 0 Å². The summed E-state index contributed by atoms with van der Waals surface area (Å²) >= 11 is 0. The number of benzene rings is 1. The number of para-hydroxylation sites is 1. The van der Waals surface area contributed by atoms with Crippen molar-refractivity contribution in [3.63, 3.8) is 0 Å². The Morgan fingerprint density at radius 2 is 2.00 bits per heavy atom. The van der Waals surface area contributed by atoms with Crippen molar-refractivity contribution >= 4 is 23.2 Å². The predicted molar refractivity (Wildman–Crippen MR) is 98.5 cm³/mol. The summed E-state index contributed by atoms with van der Waals surface area (Å²) < 4.78 is 1.46. The molecule has 3 rings (SSSR count). The lowest BCUT2D eigenvalue weighted by atomic mass is 10.1. The summed E-state index contributed by atoms with van der Waals surface area (Å²) in [7, 11) is 0. The Morgan fingerprint density at radius 3 is 2.63 bits per heavy atom. The third-order valence-electron chi connectivity index (χ3n) is 4.43. The molecule has 1 fully saturated rings. The topological polar surface area (TPSA) is 119 Å². The molecule has 9 heteroatoms. The fourth-order valence-corrected chi connectivity index (χ4v) is 2.87. The molecule has 27 heavy (non-hydrogen) atoms. The quantitative estimate of drug-likeness (QED) is 0.572. The van der Waals surface area contributed by atoms with Crippen LogP contribution in [0.3, 0.4) is 0 Å². The van der Waals surface area contributed by atoms with Gasteiger partial charge in [0.1, 0.15) is 11.4 Å². The minimum Gasteiger partial charge on any atom is -0.349 e. The van der Waals surface area contributed by atoms with E-state index in [-0.39, 0.29) is 36.5 Å². The van der Waals surface area contributed by atoms with Crippen LogP contribution in [0, 0.1) is 24.0 Å². The van der Waals surface area contributed by atoms with Crippen molar-refractivity contribution < 1.29 is 14.5 Å². The molecule has 0 spiro atoms. The zero-order valence-electron chi connectivity index (χ0n) is 15.2. The third kappa shape index (κ3) is 4.30. The van der Waals surface area contributed by atoms with Crippen molar-refractivity contribution in [2.24, 2.45) is 0 Å². The SMILES string of the molecule is Cc1nn(CCC(=O)Nc2ccccc2C(=O)NC2CC2)c(C)c1[N+](=O)[O-]. The van der Waals surface area contributed by atoms with Crippen LogP contribution >= 0.6 is 0 Å². The summed E-state index contributed by atoms with van der Waals surface area (Å²) in [6.45, 7) is 3.38. The molecule has 9 nitrogen and oxygen atoms in total. The molecule has 0 bridgehead atoms. The lowest BCUT2D eigenvalue weighted by Crippen LogP contribution is -2.27. The van der Waals surface area contributed by atoms with Gasteiger partial charge in [-0.3, -0.25) is 24.4 Å². The Bertz CT molecular complexity index is 901. The van der Waals surface area contributed by atoms with Gasteiger partial charge in [-0.2, -0.15) is 5.10 Å². The monoisotopic (exact) mass is 371 g/mol. The van der Waals surface area contributed by atoms with Crippen molar-refractivity contribution in [2.45, 2.75) is 45.7 Å². The lowest BCUT2D eigenvalue weighted by molar-refractivity contribution is -0.386. The molecule has 0 atom stereocenters. The highest BCUT2D eigenvalue weighted by Crippen LogP contribution is 2.23. The van der Waals surface area contributed by atoms with Gasteiger partial charge >= 0.3 is 5.69 Å². The first-order chi connectivity index (χ1) is 12.9. The lowest BCUT2D eigenvalue weighted by Gasteiger charge is -2.11. The number of carbonyl (C=O) groups is 2. The van der Waals surface area contributed by atoms with Crippen molar-refractivity contribution in [1.29, 1.82) is 0 Å². The van der Waals surface area contributed by atoms with Crippen LogP contribution in [-0.4, -0.2) is 32.6 Å². The Balaban J connectivity index is 1.64. The van der Waals surface area contributed by atoms with Gasteiger partial charge in [0, 0.05) is 12.5 Å². The smallest absolute Gasteiger partial charge is 0.312 e. The van der Waals surface area contributed by atoms with E-state index in [0.717, 1.165) is 12.8 Å². The van der Waals surface area contributed by atoms with E-state index in [1.54, 1.807) is 38.1 Å². The van der Waals surface area contributed by atoms with Crippen LogP contribution in [0.5, 0.6) is 0 Å². The second-order valence-corrected chi connectivity index (χ2v) is 6.59. The van der Waals surface area contributed by atoms with E-state index >= 15 is 0 Å². The van der Waals surface area contributed by atoms with Crippen molar-refractivity contribution in [3.05, 3.63) is 51.3 Å². The largest absolute Gasteiger partial charge is 0.349 e. The number of anilines is 1. The maximum absolute atomic E-state index is 12.3. The van der Waals surface area contributed by atoms with E-state index in [9.17, 15) is 19.7 Å². The third-order valence-corrected chi connectivity index (χ3v) is 4.43. The molecule has 1 aromatic carbocycles. The Labute approximate surface area is 155 Å². The molecule has 0 aliphatic heterocycles. The van der Waals surface area contributed by atoms with Crippen LogP contribution in [0.1, 0.15) is 41.0 Å². The fourth-order valence-electron chi connectivity index (χ4n) is 2.87. The number of nitro groups is 1. The molecular weight excluding hydrogens is 350 g/mol. The average molecular weight is 371 g/mol. The van der Waals surface area contributed by atoms with Crippen LogP contribution < -0.4 is 10.6 Å². The average Bonchev–Trinajstić information content (AvgIpc) is 3.37. The minimum atomic E-state index is -0.469. The van der Waals surface area contributed by atoms with Gasteiger partial charge < -0.3 is 10.6 Å². The van der Waals surface area contributed by atoms with Gasteiger partial charge in [0.05, 0.1) is 22.7 Å². The standard InChI is InChI=1S/C18H21N5O4/c1-11-17(23(26)27)12(2)22(21-11)10-9-16(24)20-15-6-4-3-5-14(15)18(25)19-13-7-8-13/h3-6,13H,7-10H2,1-2H3,(H,19,25)(H,20,24). The summed E-state index contributed by atoms with van der Waals surface area (Å²) in [4.78, 5) is 35.2. The summed E-state index contributed by atoms with van der Waals surface area (Å²) in [5.74, 6) is -0.501. The molecule has 0 unspecified atom stereocenters. The van der Waals surface area contributed by atoms with Crippen LogP contribution in [0.4, 0.5) is 11.4 Å². The number of aryl methyl sites for hydroxylation is 2. The molecule has 0 saturated heterocycles. The molecule has 1 aliphatic rings. The highest BCUT2D eigenvalue weighted by Gasteiger charge is 2.25. The van der Waals surface area contributed by atoms with Gasteiger partial charge in [-0.1, -0.05) is 12.1 Å². The minimum absolute atomic E-state index is 0.0301. The first-order valence-corrected chi connectivity index (χ1v) is 8.75. The highest BCUT2D eigenvalue weighted by atomic mass is 16.6. The molecule has 1 aromatic heterocycles. The van der Waals surface area contributed by atoms with Gasteiger partial charge in [0.15, 0.2) is 0 Å². The second kappa shape index (κ2) is 7.56. The number of hydrogen-bond acceptors (Lipinski definition) is 5. The number of nitrogens with zero attached hydrogens (tertiary/aromatic N) is 3. The van der Waals surface area contributed by atoms with Crippen LogP contribution in [0.25, 0.3) is 0 Å². The van der Waals surface area contributed by atoms with Crippen molar-refractivity contribution in [2.75, 3.05) is 5.32 Å². The zero-order valence-corrected chi connectivity index (χ0v) is 15.2. The molecule has 0 radical (unpaired) electrons. The summed E-state index contributed by atoms with van der Waals surface area (Å²) in [5, 5.41) is 20.8. The Kier molecular flexibility index (Phi) is 5.20. The number of aromatic nitrogens is 2. The number of hydrogen-bond donors (Lipinski definition) is 2. The van der Waals surface area contributed by atoms with E-state index < -0.39 is 4.92 Å². The number of amides is 2. The molecule has 1 aliphatic carbocycles. The zero-order chi connectivity index (χ0) is 19.6. The molecule has 2 N–H and O–H groups in total. The summed E-state index contributed by atoms with van der Waals surface area (Å²) in [6, 6.07) is 7.05. The summed E-state index contributed by atoms with van der Waals surface area (Å²) in [6.07, 6.45) is 2.04. The second-order valence-electron chi connectivity index (χ2n) is 6.59. The number of nitrogens with one attached hydrogen (secondary N) is 2. The Morgan fingerprint density at radius 1 is 1.30 bits per heavy atom. The maximum Gasteiger partial charge on any atom is 0.312 e. The first kappa shape index (κ1) is 18.6. The normalized spacial score (nSPS) is 13.3. The first-order valence-electron chi connectivity index (χ1n) is 8.75. The highest BCUT2D eigenvalue weighted by molar-refractivity contribution is 6.03. The van der Waals surface area contributed by atoms with E-state index in [0.29, 0.717) is 22.6 Å². The van der Waals surface area contributed by atoms with E-state index in [1.165, 1.54) is 4.68 Å². The number of rotatable bonds is 7. The van der Waals surface area contributed by atoms with Gasteiger partial charge in [0.2, 0.25) is 5.91 Å². The van der Waals surface area contributed by atoms with Gasteiger partial charge in [-0.25, -0.2) is 0 Å². The molecule has 142 valence electrons. The molecule has 1 saturated carbocycles. The van der Waals surface area contributed by atoms with Crippen LogP contribution in [-0.2, 0) is 11.3 Å².